The normalized spacial score (nSPS) is 29.1. The SMILES string of the molecule is COc1cccc2c1C(=O)c1c(O)c3c(c(O)c1C2=O)C[C@@](O)(C(=O)CO)C[C@@H]3OC1CC(N)C(O)C(C)O1.[Zn]. The molecule has 2 aliphatic carbocycles. The Morgan fingerprint density at radius 3 is 2.45 bits per heavy atom. The quantitative estimate of drug-likeness (QED) is 0.167. The molecule has 1 heterocycles. The minimum absolute atomic E-state index is 0. The van der Waals surface area contributed by atoms with Crippen molar-refractivity contribution < 1.29 is 73.6 Å². The molecule has 1 aliphatic heterocycles. The summed E-state index contributed by atoms with van der Waals surface area (Å²) in [5.74, 6) is -3.77. The van der Waals surface area contributed by atoms with Crippen molar-refractivity contribution in [3.8, 4) is 17.2 Å². The fourth-order valence-corrected chi connectivity index (χ4v) is 5.75. The summed E-state index contributed by atoms with van der Waals surface area (Å²) in [5, 5.41) is 53.7. The number of aliphatic hydroxyl groups is 3. The Bertz CT molecular complexity index is 1380. The van der Waals surface area contributed by atoms with Crippen LogP contribution in [-0.4, -0.2) is 86.7 Å². The van der Waals surface area contributed by atoms with E-state index in [1.54, 1.807) is 6.92 Å². The summed E-state index contributed by atoms with van der Waals surface area (Å²) in [6.07, 6.45) is -5.12. The van der Waals surface area contributed by atoms with E-state index in [1.165, 1.54) is 25.3 Å². The van der Waals surface area contributed by atoms with E-state index in [0.29, 0.717) is 0 Å². The van der Waals surface area contributed by atoms with Crippen LogP contribution >= 0.6 is 0 Å². The number of benzene rings is 2. The average molecular weight is 609 g/mol. The number of Topliss-reactive ketones (excluding diaryl/α,β-unsaturated/α-hetero) is 1. The van der Waals surface area contributed by atoms with Gasteiger partial charge in [-0.2, -0.15) is 0 Å². The first-order chi connectivity index (χ1) is 18.4. The maximum atomic E-state index is 13.6. The number of aromatic hydroxyl groups is 2. The minimum Gasteiger partial charge on any atom is -0.507 e. The van der Waals surface area contributed by atoms with E-state index in [9.17, 15) is 39.9 Å². The number of ketones is 3. The second-order valence-corrected chi connectivity index (χ2v) is 10.2. The number of methoxy groups -OCH3 is 1. The van der Waals surface area contributed by atoms with Gasteiger partial charge in [0.25, 0.3) is 0 Å². The molecule has 13 heteroatoms. The Kier molecular flexibility index (Phi) is 8.23. The van der Waals surface area contributed by atoms with Crippen LogP contribution < -0.4 is 10.5 Å². The van der Waals surface area contributed by atoms with Gasteiger partial charge in [-0.25, -0.2) is 0 Å². The minimum atomic E-state index is -2.24. The van der Waals surface area contributed by atoms with Crippen LogP contribution in [0.15, 0.2) is 18.2 Å². The van der Waals surface area contributed by atoms with Gasteiger partial charge in [0, 0.05) is 61.5 Å². The van der Waals surface area contributed by atoms with E-state index in [-0.39, 0.29) is 53.9 Å². The van der Waals surface area contributed by atoms with Gasteiger partial charge in [-0.3, -0.25) is 14.4 Å². The number of phenolic OH excluding ortho intramolecular Hbond substituents is 2. The summed E-state index contributed by atoms with van der Waals surface area (Å²) in [5.41, 5.74) is 2.37. The summed E-state index contributed by atoms with van der Waals surface area (Å²) in [6, 6.07) is 3.64. The van der Waals surface area contributed by atoms with Crippen LogP contribution in [-0.2, 0) is 40.2 Å². The van der Waals surface area contributed by atoms with Crippen molar-refractivity contribution in [2.24, 2.45) is 5.73 Å². The number of nitrogens with two attached hydrogens (primary N) is 1. The Morgan fingerprint density at radius 1 is 1.15 bits per heavy atom. The molecule has 2 aromatic rings. The third-order valence-corrected chi connectivity index (χ3v) is 7.81. The van der Waals surface area contributed by atoms with Crippen LogP contribution in [0.5, 0.6) is 17.2 Å². The van der Waals surface area contributed by atoms with E-state index in [1.807, 2.05) is 0 Å². The zero-order valence-corrected chi connectivity index (χ0v) is 24.9. The second kappa shape index (κ2) is 10.9. The fourth-order valence-electron chi connectivity index (χ4n) is 5.75. The third-order valence-electron chi connectivity index (χ3n) is 7.81. The molecule has 1 saturated heterocycles. The van der Waals surface area contributed by atoms with Crippen molar-refractivity contribution in [2.75, 3.05) is 13.7 Å². The fraction of sp³-hybridized carbons (Fsp3) is 0.444. The van der Waals surface area contributed by atoms with Crippen molar-refractivity contribution in [3.63, 3.8) is 0 Å². The first-order valence-corrected chi connectivity index (χ1v) is 12.4. The molecule has 0 amide bonds. The third kappa shape index (κ3) is 4.55. The second-order valence-electron chi connectivity index (χ2n) is 10.2. The van der Waals surface area contributed by atoms with Crippen molar-refractivity contribution in [2.45, 2.75) is 62.4 Å². The van der Waals surface area contributed by atoms with Crippen molar-refractivity contribution in [3.05, 3.63) is 51.6 Å². The first kappa shape index (κ1) is 30.2. The summed E-state index contributed by atoms with van der Waals surface area (Å²) < 4.78 is 17.0. The van der Waals surface area contributed by atoms with Gasteiger partial charge >= 0.3 is 0 Å². The number of carbonyl (C=O) groups excluding carboxylic acids is 3. The Labute approximate surface area is 241 Å². The number of phenols is 2. The van der Waals surface area contributed by atoms with Crippen LogP contribution in [0, 0.1) is 0 Å². The molecule has 40 heavy (non-hydrogen) atoms. The summed E-state index contributed by atoms with van der Waals surface area (Å²) >= 11 is 0. The molecule has 1 fully saturated rings. The largest absolute Gasteiger partial charge is 0.507 e. The molecule has 210 valence electrons. The van der Waals surface area contributed by atoms with E-state index in [2.05, 4.69) is 0 Å². The van der Waals surface area contributed by atoms with Gasteiger partial charge in [0.1, 0.15) is 29.5 Å². The molecule has 0 bridgehead atoms. The van der Waals surface area contributed by atoms with Crippen LogP contribution in [0.4, 0.5) is 0 Å². The number of ether oxygens (including phenoxy) is 3. The molecule has 0 radical (unpaired) electrons. The molecule has 7 N–H and O–H groups in total. The van der Waals surface area contributed by atoms with Crippen molar-refractivity contribution in [1.29, 1.82) is 0 Å². The van der Waals surface area contributed by atoms with E-state index >= 15 is 0 Å². The molecule has 5 rings (SSSR count). The van der Waals surface area contributed by atoms with E-state index in [4.69, 9.17) is 19.9 Å². The number of hydrogen-bond acceptors (Lipinski definition) is 12. The van der Waals surface area contributed by atoms with Crippen LogP contribution in [0.1, 0.15) is 68.8 Å². The molecule has 12 nitrogen and oxygen atoms in total. The van der Waals surface area contributed by atoms with Crippen LogP contribution in [0.25, 0.3) is 0 Å². The molecular formula is C27H29NO11Zn. The van der Waals surface area contributed by atoms with Gasteiger partial charge in [-0.05, 0) is 13.0 Å². The molecular weight excluding hydrogens is 580 g/mol. The number of fused-ring (bicyclic) bond motifs is 3. The monoisotopic (exact) mass is 607 g/mol. The Hall–Kier alpha value is -2.77. The summed E-state index contributed by atoms with van der Waals surface area (Å²) in [4.78, 5) is 39.7. The Morgan fingerprint density at radius 2 is 1.82 bits per heavy atom. The van der Waals surface area contributed by atoms with Gasteiger partial charge < -0.3 is 45.5 Å². The van der Waals surface area contributed by atoms with E-state index < -0.39 is 95.7 Å². The van der Waals surface area contributed by atoms with Crippen molar-refractivity contribution >= 4 is 17.3 Å². The number of aliphatic hydroxyl groups excluding tert-OH is 2. The topological polar surface area (TPSA) is 206 Å². The standard InChI is InChI=1S/C27H29NO11.Zn/c1-10-22(31)13(28)6-17(38-10)39-15-8-27(36,16(30)9-29)7-12-19(15)26(35)21-20(24(12)33)23(32)11-4-3-5-14(37-2)18(11)25(21)34;/h3-5,10,13,15,17,22,29,31,33,35-36H,6-9,28H2,1-2H3;/t10?,13?,15-,17?,22?,27-;/m0./s1. The predicted octanol–water partition coefficient (Wildman–Crippen LogP) is -0.00120. The van der Waals surface area contributed by atoms with Gasteiger partial charge in [-0.1, -0.05) is 12.1 Å². The van der Waals surface area contributed by atoms with Gasteiger partial charge in [-0.15, -0.1) is 0 Å². The first-order valence-electron chi connectivity index (χ1n) is 12.4. The maximum absolute atomic E-state index is 13.6. The molecule has 3 aliphatic rings. The zero-order valence-electron chi connectivity index (χ0n) is 21.9. The Balaban J connectivity index is 0.00000370. The van der Waals surface area contributed by atoms with Crippen molar-refractivity contribution in [1.82, 2.24) is 0 Å². The summed E-state index contributed by atoms with van der Waals surface area (Å²) in [7, 11) is 1.32. The smallest absolute Gasteiger partial charge is 0.202 e. The molecule has 0 saturated carbocycles. The predicted molar refractivity (Wildman–Crippen MR) is 132 cm³/mol. The number of rotatable bonds is 5. The molecule has 0 spiro atoms. The van der Waals surface area contributed by atoms with Gasteiger partial charge in [0.2, 0.25) is 5.78 Å². The van der Waals surface area contributed by atoms with Gasteiger partial charge in [0.05, 0.1) is 42.1 Å². The van der Waals surface area contributed by atoms with Crippen LogP contribution in [0.3, 0.4) is 0 Å². The van der Waals surface area contributed by atoms with Crippen LogP contribution in [0.2, 0.25) is 0 Å². The molecule has 0 aromatic heterocycles. The van der Waals surface area contributed by atoms with Gasteiger partial charge in [0.15, 0.2) is 17.9 Å². The summed E-state index contributed by atoms with van der Waals surface area (Å²) in [6.45, 7) is 0.560. The average Bonchev–Trinajstić information content (AvgIpc) is 2.90. The molecule has 4 unspecified atom stereocenters. The number of carbonyl (C=O) groups is 3. The maximum Gasteiger partial charge on any atom is 0.202 e. The van der Waals surface area contributed by atoms with E-state index in [0.717, 1.165) is 0 Å². The zero-order chi connectivity index (χ0) is 28.4. The molecule has 6 atom stereocenters. The number of hydrogen-bond donors (Lipinski definition) is 6. The molecule has 2 aromatic carbocycles.